The molecule has 104 valence electrons. The number of halogens is 1. The van der Waals surface area contributed by atoms with E-state index < -0.39 is 0 Å². The Morgan fingerprint density at radius 3 is 2.95 bits per heavy atom. The van der Waals surface area contributed by atoms with Gasteiger partial charge >= 0.3 is 0 Å². The molecule has 0 amide bonds. The van der Waals surface area contributed by atoms with Gasteiger partial charge in [-0.15, -0.1) is 0 Å². The molecular weight excluding hydrogens is 255 g/mol. The number of hydrogen-bond acceptors (Lipinski definition) is 3. The number of nitrogens with one attached hydrogen (secondary N) is 1. The molecule has 0 unspecified atom stereocenters. The molecule has 0 aliphatic heterocycles. The quantitative estimate of drug-likeness (QED) is 0.909. The Morgan fingerprint density at radius 2 is 2.25 bits per heavy atom. The smallest absolute Gasteiger partial charge is 0.128 e. The predicted molar refractivity (Wildman–Crippen MR) is 74.4 cm³/mol. The molecule has 0 bridgehead atoms. The number of hydrogen-bond donors (Lipinski definition) is 1. The van der Waals surface area contributed by atoms with Crippen molar-refractivity contribution < 1.29 is 4.39 Å². The second kappa shape index (κ2) is 6.31. The van der Waals surface area contributed by atoms with Crippen LogP contribution >= 0.6 is 0 Å². The maximum atomic E-state index is 13.8. The normalized spacial score (nSPS) is 10.8. The standard InChI is InChI=1S/C15H17FN4/c1-11(2)19-9-15-18-5-6-20(15)10-13-7-12(8-17)3-4-14(13)16/h3-7,11,19H,9-10H2,1-2H3. The van der Waals surface area contributed by atoms with Crippen molar-refractivity contribution in [3.8, 4) is 6.07 Å². The van der Waals surface area contributed by atoms with Crippen molar-refractivity contribution in [2.24, 2.45) is 0 Å². The van der Waals surface area contributed by atoms with E-state index in [1.165, 1.54) is 12.1 Å². The first-order valence-electron chi connectivity index (χ1n) is 6.52. The summed E-state index contributed by atoms with van der Waals surface area (Å²) in [7, 11) is 0. The van der Waals surface area contributed by atoms with Crippen molar-refractivity contribution in [3.63, 3.8) is 0 Å². The van der Waals surface area contributed by atoms with Crippen LogP contribution in [0.5, 0.6) is 0 Å². The topological polar surface area (TPSA) is 53.6 Å². The lowest BCUT2D eigenvalue weighted by Crippen LogP contribution is -2.24. The summed E-state index contributed by atoms with van der Waals surface area (Å²) < 4.78 is 15.7. The van der Waals surface area contributed by atoms with Crippen molar-refractivity contribution in [2.75, 3.05) is 0 Å². The highest BCUT2D eigenvalue weighted by Crippen LogP contribution is 2.13. The molecule has 0 saturated heterocycles. The van der Waals surface area contributed by atoms with Gasteiger partial charge in [0.25, 0.3) is 0 Å². The van der Waals surface area contributed by atoms with Gasteiger partial charge in [0.2, 0.25) is 0 Å². The molecule has 2 aromatic rings. The summed E-state index contributed by atoms with van der Waals surface area (Å²) in [4.78, 5) is 4.27. The summed E-state index contributed by atoms with van der Waals surface area (Å²) in [5.74, 6) is 0.543. The molecule has 0 saturated carbocycles. The van der Waals surface area contributed by atoms with Crippen molar-refractivity contribution in [1.29, 1.82) is 5.26 Å². The molecule has 0 aliphatic rings. The molecule has 0 spiro atoms. The van der Waals surface area contributed by atoms with E-state index in [-0.39, 0.29) is 5.82 Å². The number of imidazole rings is 1. The zero-order chi connectivity index (χ0) is 14.5. The third-order valence-corrected chi connectivity index (χ3v) is 2.99. The van der Waals surface area contributed by atoms with E-state index in [2.05, 4.69) is 24.1 Å². The van der Waals surface area contributed by atoms with Gasteiger partial charge in [-0.05, 0) is 18.2 Å². The van der Waals surface area contributed by atoms with Gasteiger partial charge in [-0.3, -0.25) is 0 Å². The number of benzene rings is 1. The highest BCUT2D eigenvalue weighted by molar-refractivity contribution is 5.34. The third-order valence-electron chi connectivity index (χ3n) is 2.99. The molecule has 0 fully saturated rings. The van der Waals surface area contributed by atoms with E-state index in [1.807, 2.05) is 16.8 Å². The fourth-order valence-electron chi connectivity index (χ4n) is 1.90. The molecule has 0 atom stereocenters. The number of nitrogens with zero attached hydrogens (tertiary/aromatic N) is 3. The Hall–Kier alpha value is -2.19. The van der Waals surface area contributed by atoms with Gasteiger partial charge in [0.1, 0.15) is 11.6 Å². The lowest BCUT2D eigenvalue weighted by atomic mass is 10.1. The molecular formula is C15H17FN4. The number of aromatic nitrogens is 2. The zero-order valence-electron chi connectivity index (χ0n) is 11.6. The van der Waals surface area contributed by atoms with Crippen molar-refractivity contribution in [3.05, 3.63) is 53.4 Å². The van der Waals surface area contributed by atoms with E-state index in [0.717, 1.165) is 5.82 Å². The van der Waals surface area contributed by atoms with Gasteiger partial charge in [0.05, 0.1) is 24.7 Å². The number of nitriles is 1. The maximum Gasteiger partial charge on any atom is 0.128 e. The summed E-state index contributed by atoms with van der Waals surface area (Å²) >= 11 is 0. The first-order valence-corrected chi connectivity index (χ1v) is 6.52. The van der Waals surface area contributed by atoms with Gasteiger partial charge in [0, 0.05) is 24.0 Å². The first-order chi connectivity index (χ1) is 9.60. The van der Waals surface area contributed by atoms with Crippen LogP contribution in [0.25, 0.3) is 0 Å². The van der Waals surface area contributed by atoms with E-state index in [9.17, 15) is 4.39 Å². The van der Waals surface area contributed by atoms with Crippen LogP contribution in [0.2, 0.25) is 0 Å². The van der Waals surface area contributed by atoms with Gasteiger partial charge in [-0.25, -0.2) is 9.37 Å². The SMILES string of the molecule is CC(C)NCc1nccn1Cc1cc(C#N)ccc1F. The summed E-state index contributed by atoms with van der Waals surface area (Å²) in [5, 5.41) is 12.2. The van der Waals surface area contributed by atoms with Gasteiger partial charge < -0.3 is 9.88 Å². The predicted octanol–water partition coefficient (Wildman–Crippen LogP) is 2.44. The molecule has 4 nitrogen and oxygen atoms in total. The molecule has 1 aromatic heterocycles. The Morgan fingerprint density at radius 1 is 1.45 bits per heavy atom. The summed E-state index contributed by atoms with van der Waals surface area (Å²) in [6.07, 6.45) is 3.51. The Bertz CT molecular complexity index is 625. The van der Waals surface area contributed by atoms with Gasteiger partial charge in [-0.1, -0.05) is 13.8 Å². The van der Waals surface area contributed by atoms with Crippen molar-refractivity contribution in [2.45, 2.75) is 33.0 Å². The van der Waals surface area contributed by atoms with Crippen LogP contribution < -0.4 is 5.32 Å². The van der Waals surface area contributed by atoms with E-state index in [1.54, 1.807) is 12.3 Å². The Kier molecular flexibility index (Phi) is 4.49. The minimum atomic E-state index is -0.305. The van der Waals surface area contributed by atoms with Crippen molar-refractivity contribution >= 4 is 0 Å². The molecule has 5 heteroatoms. The van der Waals surface area contributed by atoms with Crippen LogP contribution in [-0.2, 0) is 13.1 Å². The lowest BCUT2D eigenvalue weighted by molar-refractivity contribution is 0.547. The fourth-order valence-corrected chi connectivity index (χ4v) is 1.90. The maximum absolute atomic E-state index is 13.8. The minimum absolute atomic E-state index is 0.305. The molecule has 1 heterocycles. The van der Waals surface area contributed by atoms with E-state index in [4.69, 9.17) is 5.26 Å². The third kappa shape index (κ3) is 3.43. The largest absolute Gasteiger partial charge is 0.329 e. The molecule has 0 radical (unpaired) electrons. The first kappa shape index (κ1) is 14.2. The van der Waals surface area contributed by atoms with Crippen LogP contribution in [-0.4, -0.2) is 15.6 Å². The van der Waals surface area contributed by atoms with Gasteiger partial charge in [0.15, 0.2) is 0 Å². The molecule has 1 N–H and O–H groups in total. The molecule has 2 rings (SSSR count). The molecule has 20 heavy (non-hydrogen) atoms. The minimum Gasteiger partial charge on any atom is -0.329 e. The second-order valence-electron chi connectivity index (χ2n) is 4.92. The second-order valence-corrected chi connectivity index (χ2v) is 4.92. The van der Waals surface area contributed by atoms with Crippen LogP contribution in [0.15, 0.2) is 30.6 Å². The van der Waals surface area contributed by atoms with Crippen molar-refractivity contribution in [1.82, 2.24) is 14.9 Å². The van der Waals surface area contributed by atoms with E-state index >= 15 is 0 Å². The number of rotatable bonds is 5. The Labute approximate surface area is 117 Å². The van der Waals surface area contributed by atoms with E-state index in [0.29, 0.717) is 30.3 Å². The molecule has 1 aromatic carbocycles. The fraction of sp³-hybridized carbons (Fsp3) is 0.333. The monoisotopic (exact) mass is 272 g/mol. The van der Waals surface area contributed by atoms with Crippen LogP contribution in [0.1, 0.15) is 30.8 Å². The summed E-state index contributed by atoms with van der Waals surface area (Å²) in [6, 6.07) is 6.77. The zero-order valence-corrected chi connectivity index (χ0v) is 11.6. The van der Waals surface area contributed by atoms with Gasteiger partial charge in [-0.2, -0.15) is 5.26 Å². The Balaban J connectivity index is 2.18. The van der Waals surface area contributed by atoms with Crippen LogP contribution in [0.3, 0.4) is 0 Å². The highest BCUT2D eigenvalue weighted by atomic mass is 19.1. The average Bonchev–Trinajstić information content (AvgIpc) is 2.86. The van der Waals surface area contributed by atoms with Crippen LogP contribution in [0, 0.1) is 17.1 Å². The summed E-state index contributed by atoms with van der Waals surface area (Å²) in [5.41, 5.74) is 0.955. The lowest BCUT2D eigenvalue weighted by Gasteiger charge is -2.11. The highest BCUT2D eigenvalue weighted by Gasteiger charge is 2.08. The summed E-state index contributed by atoms with van der Waals surface area (Å²) in [6.45, 7) is 5.12. The van der Waals surface area contributed by atoms with Crippen LogP contribution in [0.4, 0.5) is 4.39 Å². The molecule has 0 aliphatic carbocycles. The average molecular weight is 272 g/mol.